The molecule has 0 aliphatic heterocycles. The first-order valence-corrected chi connectivity index (χ1v) is 7.05. The van der Waals surface area contributed by atoms with Crippen molar-refractivity contribution in [3.8, 4) is 0 Å². The molecule has 3 N–H and O–H groups in total. The number of thioether (sulfide) groups is 1. The van der Waals surface area contributed by atoms with Crippen molar-refractivity contribution in [1.82, 2.24) is 0 Å². The van der Waals surface area contributed by atoms with Gasteiger partial charge in [0.05, 0.1) is 0 Å². The number of hydrogen-bond donors (Lipinski definition) is 2. The summed E-state index contributed by atoms with van der Waals surface area (Å²) in [6, 6.07) is 7.85. The van der Waals surface area contributed by atoms with Gasteiger partial charge < -0.3 is 11.1 Å². The van der Waals surface area contributed by atoms with E-state index in [2.05, 4.69) is 24.4 Å². The largest absolute Gasteiger partial charge is 0.374 e. The van der Waals surface area contributed by atoms with Crippen LogP contribution in [0.2, 0.25) is 0 Å². The van der Waals surface area contributed by atoms with E-state index in [0.29, 0.717) is 6.42 Å². The van der Waals surface area contributed by atoms with Crippen LogP contribution in [0.15, 0.2) is 24.3 Å². The van der Waals surface area contributed by atoms with Gasteiger partial charge in [0, 0.05) is 11.4 Å². The van der Waals surface area contributed by atoms with Gasteiger partial charge in [-0.3, -0.25) is 4.79 Å². The predicted molar refractivity (Wildman–Crippen MR) is 75.2 cm³/mol. The number of carbonyl (C=O) groups is 1. The third kappa shape index (κ3) is 4.69. The van der Waals surface area contributed by atoms with Crippen LogP contribution in [-0.4, -0.2) is 17.7 Å². The zero-order chi connectivity index (χ0) is 12.7. The topological polar surface area (TPSA) is 55.1 Å². The molecule has 0 saturated heterocycles. The molecule has 0 heterocycles. The molecule has 0 unspecified atom stereocenters. The van der Waals surface area contributed by atoms with Crippen LogP contribution in [0.3, 0.4) is 0 Å². The number of benzene rings is 1. The molecular formula is C13H20N2OS. The molecule has 1 amide bonds. The lowest BCUT2D eigenvalue weighted by atomic mass is 10.1. The van der Waals surface area contributed by atoms with E-state index in [9.17, 15) is 4.79 Å². The van der Waals surface area contributed by atoms with E-state index < -0.39 is 0 Å². The normalized spacial score (nSPS) is 12.1. The summed E-state index contributed by atoms with van der Waals surface area (Å²) in [6.45, 7) is 4.09. The Morgan fingerprint density at radius 3 is 2.82 bits per heavy atom. The average Bonchev–Trinajstić information content (AvgIpc) is 2.33. The molecule has 0 aromatic heterocycles. The Labute approximate surface area is 107 Å². The van der Waals surface area contributed by atoms with Crippen LogP contribution in [0.1, 0.15) is 25.8 Å². The van der Waals surface area contributed by atoms with Gasteiger partial charge in [0.15, 0.2) is 0 Å². The Balaban J connectivity index is 2.67. The van der Waals surface area contributed by atoms with Crippen molar-refractivity contribution in [3.63, 3.8) is 0 Å². The molecule has 1 aromatic rings. The lowest BCUT2D eigenvalue weighted by Gasteiger charge is -2.15. The fourth-order valence-corrected chi connectivity index (χ4v) is 2.17. The number of primary amides is 1. The average molecular weight is 252 g/mol. The molecule has 0 aliphatic rings. The van der Waals surface area contributed by atoms with Crippen LogP contribution in [0, 0.1) is 0 Å². The number of hydrogen-bond acceptors (Lipinski definition) is 3. The van der Waals surface area contributed by atoms with Gasteiger partial charge in [0.2, 0.25) is 5.91 Å². The van der Waals surface area contributed by atoms with Crippen molar-refractivity contribution in [2.45, 2.75) is 32.1 Å². The molecule has 1 aromatic carbocycles. The van der Waals surface area contributed by atoms with Crippen LogP contribution in [-0.2, 0) is 10.5 Å². The van der Waals surface area contributed by atoms with Crippen molar-refractivity contribution in [3.05, 3.63) is 29.8 Å². The summed E-state index contributed by atoms with van der Waals surface area (Å²) < 4.78 is 0. The van der Waals surface area contributed by atoms with Crippen molar-refractivity contribution < 1.29 is 4.79 Å². The van der Waals surface area contributed by atoms with E-state index in [1.54, 1.807) is 0 Å². The standard InChI is InChI=1S/C13H20N2OS/c1-3-12(13(14)16)15-11-7-5-6-10(8-11)9-17-4-2/h5-8,12,15H,3-4,9H2,1-2H3,(H2,14,16)/t12-/m1/s1. The lowest BCUT2D eigenvalue weighted by molar-refractivity contribution is -0.118. The number of rotatable bonds is 7. The van der Waals surface area contributed by atoms with E-state index in [1.165, 1.54) is 5.56 Å². The van der Waals surface area contributed by atoms with E-state index in [0.717, 1.165) is 17.2 Å². The van der Waals surface area contributed by atoms with Crippen molar-refractivity contribution >= 4 is 23.4 Å². The third-order valence-corrected chi connectivity index (χ3v) is 3.44. The molecule has 0 radical (unpaired) electrons. The van der Waals surface area contributed by atoms with Crippen molar-refractivity contribution in [1.29, 1.82) is 0 Å². The highest BCUT2D eigenvalue weighted by molar-refractivity contribution is 7.98. The summed E-state index contributed by atoms with van der Waals surface area (Å²) in [7, 11) is 0. The maximum Gasteiger partial charge on any atom is 0.239 e. The molecule has 4 heteroatoms. The van der Waals surface area contributed by atoms with Crippen LogP contribution in [0.25, 0.3) is 0 Å². The third-order valence-electron chi connectivity index (χ3n) is 2.49. The summed E-state index contributed by atoms with van der Waals surface area (Å²) in [6.07, 6.45) is 0.698. The van der Waals surface area contributed by atoms with Gasteiger partial charge >= 0.3 is 0 Å². The van der Waals surface area contributed by atoms with Crippen molar-refractivity contribution in [2.24, 2.45) is 5.73 Å². The Kier molecular flexibility index (Phi) is 5.91. The monoisotopic (exact) mass is 252 g/mol. The van der Waals surface area contributed by atoms with E-state index in [4.69, 9.17) is 5.73 Å². The number of nitrogens with two attached hydrogens (primary N) is 1. The van der Waals surface area contributed by atoms with Crippen LogP contribution in [0.4, 0.5) is 5.69 Å². The maximum atomic E-state index is 11.1. The molecular weight excluding hydrogens is 232 g/mol. The second-order valence-corrected chi connectivity index (χ2v) is 5.12. The second kappa shape index (κ2) is 7.22. The van der Waals surface area contributed by atoms with Crippen LogP contribution in [0.5, 0.6) is 0 Å². The maximum absolute atomic E-state index is 11.1. The fourth-order valence-electron chi connectivity index (χ4n) is 1.55. The molecule has 0 aliphatic carbocycles. The molecule has 0 bridgehead atoms. The molecule has 3 nitrogen and oxygen atoms in total. The first kappa shape index (κ1) is 13.9. The predicted octanol–water partition coefficient (Wildman–Crippen LogP) is 2.62. The zero-order valence-corrected chi connectivity index (χ0v) is 11.2. The number of carbonyl (C=O) groups excluding carboxylic acids is 1. The molecule has 1 rings (SSSR count). The molecule has 0 fully saturated rings. The quantitative estimate of drug-likeness (QED) is 0.784. The van der Waals surface area contributed by atoms with Gasteiger partial charge in [-0.05, 0) is 29.9 Å². The minimum atomic E-state index is -0.305. The summed E-state index contributed by atoms with van der Waals surface area (Å²) in [4.78, 5) is 11.1. The highest BCUT2D eigenvalue weighted by Crippen LogP contribution is 2.17. The first-order chi connectivity index (χ1) is 8.17. The minimum absolute atomic E-state index is 0.288. The summed E-state index contributed by atoms with van der Waals surface area (Å²) >= 11 is 1.88. The smallest absolute Gasteiger partial charge is 0.239 e. The van der Waals surface area contributed by atoms with Gasteiger partial charge in [0.1, 0.15) is 6.04 Å². The second-order valence-electron chi connectivity index (χ2n) is 3.85. The number of amides is 1. The number of anilines is 1. The van der Waals surface area contributed by atoms with Gasteiger partial charge in [-0.2, -0.15) is 11.8 Å². The highest BCUT2D eigenvalue weighted by atomic mass is 32.2. The van der Waals surface area contributed by atoms with E-state index in [-0.39, 0.29) is 11.9 Å². The lowest BCUT2D eigenvalue weighted by Crippen LogP contribution is -2.34. The Hall–Kier alpha value is -1.16. The van der Waals surface area contributed by atoms with Gasteiger partial charge in [-0.25, -0.2) is 0 Å². The van der Waals surface area contributed by atoms with Gasteiger partial charge in [-0.1, -0.05) is 26.0 Å². The van der Waals surface area contributed by atoms with Gasteiger partial charge in [0.25, 0.3) is 0 Å². The first-order valence-electron chi connectivity index (χ1n) is 5.89. The van der Waals surface area contributed by atoms with Gasteiger partial charge in [-0.15, -0.1) is 0 Å². The molecule has 1 atom stereocenters. The SMILES string of the molecule is CCSCc1cccc(N[C@H](CC)C(N)=O)c1. The molecule has 17 heavy (non-hydrogen) atoms. The van der Waals surface area contributed by atoms with E-state index >= 15 is 0 Å². The van der Waals surface area contributed by atoms with Crippen molar-refractivity contribution in [2.75, 3.05) is 11.1 Å². The zero-order valence-electron chi connectivity index (χ0n) is 10.4. The summed E-state index contributed by atoms with van der Waals surface area (Å²) in [5, 5.41) is 3.16. The Morgan fingerprint density at radius 1 is 1.47 bits per heavy atom. The molecule has 94 valence electrons. The Morgan fingerprint density at radius 2 is 2.24 bits per heavy atom. The fraction of sp³-hybridized carbons (Fsp3) is 0.462. The Bertz CT molecular complexity index is 368. The van der Waals surface area contributed by atoms with E-state index in [1.807, 2.05) is 30.8 Å². The minimum Gasteiger partial charge on any atom is -0.374 e. The molecule has 0 saturated carbocycles. The summed E-state index contributed by atoms with van der Waals surface area (Å²) in [5.74, 6) is 1.80. The summed E-state index contributed by atoms with van der Waals surface area (Å²) in [5.41, 5.74) is 7.54. The highest BCUT2D eigenvalue weighted by Gasteiger charge is 2.11. The van der Waals surface area contributed by atoms with Crippen LogP contribution < -0.4 is 11.1 Å². The molecule has 0 spiro atoms. The van der Waals surface area contributed by atoms with Crippen LogP contribution >= 0.6 is 11.8 Å². The number of nitrogens with one attached hydrogen (secondary N) is 1.